The van der Waals surface area contributed by atoms with Gasteiger partial charge in [-0.05, 0) is 25.8 Å². The first-order valence-corrected chi connectivity index (χ1v) is 7.55. The maximum absolute atomic E-state index is 9.36. The van der Waals surface area contributed by atoms with E-state index < -0.39 is 0 Å². The van der Waals surface area contributed by atoms with E-state index in [1.165, 1.54) is 19.3 Å². The molecule has 3 nitrogen and oxygen atoms in total. The number of hydrogen-bond donors (Lipinski definition) is 1. The number of para-hydroxylation sites is 1. The number of methoxy groups -OCH3 is 1. The highest BCUT2D eigenvalue weighted by Gasteiger charge is 2.25. The van der Waals surface area contributed by atoms with Crippen LogP contribution < -0.4 is 10.1 Å². The molecule has 108 valence electrons. The van der Waals surface area contributed by atoms with Crippen LogP contribution in [0.2, 0.25) is 0 Å². The van der Waals surface area contributed by atoms with E-state index in [4.69, 9.17) is 4.74 Å². The van der Waals surface area contributed by atoms with Crippen LogP contribution >= 0.6 is 0 Å². The normalized spacial score (nSPS) is 24.4. The van der Waals surface area contributed by atoms with E-state index in [9.17, 15) is 5.26 Å². The molecule has 0 heterocycles. The van der Waals surface area contributed by atoms with Gasteiger partial charge >= 0.3 is 0 Å². The third-order valence-electron chi connectivity index (χ3n) is 4.25. The number of nitrogens with zero attached hydrogens (tertiary/aromatic N) is 1. The van der Waals surface area contributed by atoms with Crippen LogP contribution in [0.1, 0.15) is 50.6 Å². The summed E-state index contributed by atoms with van der Waals surface area (Å²) < 4.78 is 5.43. The number of benzene rings is 1. The number of nitriles is 1. The third-order valence-corrected chi connectivity index (χ3v) is 4.25. The van der Waals surface area contributed by atoms with Crippen LogP contribution in [0, 0.1) is 17.2 Å². The SMILES string of the molecule is COc1ccccc1[C@@H](C)NC1CCCCCC1C#N. The summed E-state index contributed by atoms with van der Waals surface area (Å²) in [5.41, 5.74) is 1.16. The van der Waals surface area contributed by atoms with Gasteiger partial charge < -0.3 is 10.1 Å². The van der Waals surface area contributed by atoms with Crippen molar-refractivity contribution in [2.45, 2.75) is 51.1 Å². The largest absolute Gasteiger partial charge is 0.496 e. The summed E-state index contributed by atoms with van der Waals surface area (Å²) in [6.45, 7) is 2.15. The van der Waals surface area contributed by atoms with Gasteiger partial charge in [0, 0.05) is 17.6 Å². The number of hydrogen-bond acceptors (Lipinski definition) is 3. The van der Waals surface area contributed by atoms with E-state index in [0.29, 0.717) is 6.04 Å². The molecule has 1 aliphatic rings. The Morgan fingerprint density at radius 2 is 2.00 bits per heavy atom. The van der Waals surface area contributed by atoms with Gasteiger partial charge in [0.25, 0.3) is 0 Å². The van der Waals surface area contributed by atoms with E-state index in [0.717, 1.165) is 24.2 Å². The van der Waals surface area contributed by atoms with Crippen molar-refractivity contribution < 1.29 is 4.74 Å². The summed E-state index contributed by atoms with van der Waals surface area (Å²) in [5, 5.41) is 13.0. The topological polar surface area (TPSA) is 45.0 Å². The van der Waals surface area contributed by atoms with Crippen molar-refractivity contribution in [2.75, 3.05) is 7.11 Å². The average molecular weight is 272 g/mol. The fourth-order valence-corrected chi connectivity index (χ4v) is 3.10. The first-order chi connectivity index (χ1) is 9.76. The monoisotopic (exact) mass is 272 g/mol. The Kier molecular flexibility index (Phi) is 5.43. The molecule has 3 heteroatoms. The van der Waals surface area contributed by atoms with Crippen molar-refractivity contribution in [2.24, 2.45) is 5.92 Å². The molecule has 0 saturated heterocycles. The van der Waals surface area contributed by atoms with E-state index in [-0.39, 0.29) is 12.0 Å². The van der Waals surface area contributed by atoms with Gasteiger partial charge in [0.15, 0.2) is 0 Å². The molecule has 1 aliphatic carbocycles. The summed E-state index contributed by atoms with van der Waals surface area (Å²) >= 11 is 0. The Morgan fingerprint density at radius 3 is 2.75 bits per heavy atom. The summed E-state index contributed by atoms with van der Waals surface area (Å²) in [6.07, 6.45) is 5.76. The Labute approximate surface area is 121 Å². The van der Waals surface area contributed by atoms with Crippen molar-refractivity contribution in [1.82, 2.24) is 5.32 Å². The van der Waals surface area contributed by atoms with Crippen LogP contribution in [0.3, 0.4) is 0 Å². The highest BCUT2D eigenvalue weighted by Crippen LogP contribution is 2.28. The van der Waals surface area contributed by atoms with E-state index in [1.54, 1.807) is 7.11 Å². The Bertz CT molecular complexity index is 466. The summed E-state index contributed by atoms with van der Waals surface area (Å²) in [5.74, 6) is 1.05. The van der Waals surface area contributed by atoms with Crippen LogP contribution in [-0.4, -0.2) is 13.2 Å². The van der Waals surface area contributed by atoms with Gasteiger partial charge in [-0.2, -0.15) is 5.26 Å². The third kappa shape index (κ3) is 3.52. The lowest BCUT2D eigenvalue weighted by Gasteiger charge is -2.26. The second kappa shape index (κ2) is 7.31. The fourth-order valence-electron chi connectivity index (χ4n) is 3.10. The summed E-state index contributed by atoms with van der Waals surface area (Å²) in [6, 6.07) is 11.1. The minimum atomic E-state index is 0.134. The van der Waals surface area contributed by atoms with Gasteiger partial charge in [0.05, 0.1) is 19.1 Å². The van der Waals surface area contributed by atoms with Crippen molar-refractivity contribution in [3.05, 3.63) is 29.8 Å². The fraction of sp³-hybridized carbons (Fsp3) is 0.588. The molecule has 20 heavy (non-hydrogen) atoms. The number of ether oxygens (including phenoxy) is 1. The highest BCUT2D eigenvalue weighted by molar-refractivity contribution is 5.35. The van der Waals surface area contributed by atoms with Gasteiger partial charge in [-0.15, -0.1) is 0 Å². The maximum Gasteiger partial charge on any atom is 0.123 e. The Hall–Kier alpha value is -1.53. The standard InChI is InChI=1S/C17H24N2O/c1-13(15-9-6-7-11-17(15)20-2)19-16-10-5-3-4-8-14(16)12-18/h6-7,9,11,13-14,16,19H,3-5,8,10H2,1-2H3/t13-,14?,16?/m1/s1. The lowest BCUT2D eigenvalue weighted by atomic mass is 9.94. The van der Waals surface area contributed by atoms with Crippen molar-refractivity contribution >= 4 is 0 Å². The molecule has 1 aromatic rings. The molecule has 0 bridgehead atoms. The molecular weight excluding hydrogens is 248 g/mol. The van der Waals surface area contributed by atoms with Gasteiger partial charge in [-0.25, -0.2) is 0 Å². The Balaban J connectivity index is 2.09. The van der Waals surface area contributed by atoms with Gasteiger partial charge in [0.2, 0.25) is 0 Å². The minimum absolute atomic E-state index is 0.134. The predicted molar refractivity (Wildman–Crippen MR) is 80.5 cm³/mol. The van der Waals surface area contributed by atoms with Gasteiger partial charge in [-0.3, -0.25) is 0 Å². The zero-order valence-electron chi connectivity index (χ0n) is 12.4. The molecule has 0 spiro atoms. The predicted octanol–water partition coefficient (Wildman–Crippen LogP) is 3.82. The smallest absolute Gasteiger partial charge is 0.123 e. The molecule has 0 amide bonds. The van der Waals surface area contributed by atoms with Crippen molar-refractivity contribution in [3.63, 3.8) is 0 Å². The summed E-state index contributed by atoms with van der Waals surface area (Å²) in [4.78, 5) is 0. The molecule has 1 fully saturated rings. The van der Waals surface area contributed by atoms with Crippen molar-refractivity contribution in [3.8, 4) is 11.8 Å². The second-order valence-corrected chi connectivity index (χ2v) is 5.61. The Morgan fingerprint density at radius 1 is 1.25 bits per heavy atom. The maximum atomic E-state index is 9.36. The molecule has 2 unspecified atom stereocenters. The van der Waals surface area contributed by atoms with Gasteiger partial charge in [-0.1, -0.05) is 37.5 Å². The summed E-state index contributed by atoms with van der Waals surface area (Å²) in [7, 11) is 1.70. The van der Waals surface area contributed by atoms with E-state index in [1.807, 2.05) is 18.2 Å². The average Bonchev–Trinajstić information content (AvgIpc) is 2.72. The molecule has 0 aliphatic heterocycles. The van der Waals surface area contributed by atoms with E-state index in [2.05, 4.69) is 24.4 Å². The molecule has 1 N–H and O–H groups in total. The lowest BCUT2D eigenvalue weighted by Crippen LogP contribution is -2.36. The van der Waals surface area contributed by atoms with Crippen LogP contribution in [0.15, 0.2) is 24.3 Å². The zero-order chi connectivity index (χ0) is 14.4. The quantitative estimate of drug-likeness (QED) is 0.847. The number of rotatable bonds is 4. The van der Waals surface area contributed by atoms with Gasteiger partial charge in [0.1, 0.15) is 5.75 Å². The zero-order valence-corrected chi connectivity index (χ0v) is 12.4. The highest BCUT2D eigenvalue weighted by atomic mass is 16.5. The molecule has 0 aromatic heterocycles. The first-order valence-electron chi connectivity index (χ1n) is 7.55. The molecule has 0 radical (unpaired) electrons. The van der Waals surface area contributed by atoms with E-state index >= 15 is 0 Å². The second-order valence-electron chi connectivity index (χ2n) is 5.61. The van der Waals surface area contributed by atoms with Crippen LogP contribution in [0.25, 0.3) is 0 Å². The molecular formula is C17H24N2O. The lowest BCUT2D eigenvalue weighted by molar-refractivity contribution is 0.350. The van der Waals surface area contributed by atoms with Crippen LogP contribution in [-0.2, 0) is 0 Å². The number of nitrogens with one attached hydrogen (secondary N) is 1. The van der Waals surface area contributed by atoms with Crippen LogP contribution in [0.4, 0.5) is 0 Å². The van der Waals surface area contributed by atoms with Crippen molar-refractivity contribution in [1.29, 1.82) is 5.26 Å². The van der Waals surface area contributed by atoms with Crippen LogP contribution in [0.5, 0.6) is 5.75 Å². The molecule has 1 saturated carbocycles. The minimum Gasteiger partial charge on any atom is -0.496 e. The molecule has 2 rings (SSSR count). The molecule has 3 atom stereocenters. The molecule has 1 aromatic carbocycles. The first kappa shape index (κ1) is 14.9.